The lowest BCUT2D eigenvalue weighted by Crippen LogP contribution is -1.99. The highest BCUT2D eigenvalue weighted by Gasteiger charge is 2.07. The SMILES string of the molecule is CCC=C(CCN=C(C)c1ccc(Cc2ccsc2)cc1)c1cc(CC)ccc1C. The van der Waals surface area contributed by atoms with Crippen LogP contribution in [0.5, 0.6) is 0 Å². The van der Waals surface area contributed by atoms with Crippen molar-refractivity contribution in [2.24, 2.45) is 4.99 Å². The van der Waals surface area contributed by atoms with E-state index in [9.17, 15) is 0 Å². The lowest BCUT2D eigenvalue weighted by molar-refractivity contribution is 1.01. The second-order valence-electron chi connectivity index (χ2n) is 7.86. The maximum absolute atomic E-state index is 4.90. The zero-order valence-electron chi connectivity index (χ0n) is 18.7. The van der Waals surface area contributed by atoms with E-state index in [0.717, 1.165) is 37.9 Å². The highest BCUT2D eigenvalue weighted by Crippen LogP contribution is 2.24. The second-order valence-corrected chi connectivity index (χ2v) is 8.64. The summed E-state index contributed by atoms with van der Waals surface area (Å²) in [5.74, 6) is 0. The molecule has 1 heterocycles. The Morgan fingerprint density at radius 1 is 0.967 bits per heavy atom. The molecule has 3 rings (SSSR count). The van der Waals surface area contributed by atoms with E-state index < -0.39 is 0 Å². The van der Waals surface area contributed by atoms with Crippen molar-refractivity contribution in [3.8, 4) is 0 Å². The van der Waals surface area contributed by atoms with Crippen LogP contribution in [0.15, 0.2) is 70.4 Å². The van der Waals surface area contributed by atoms with Crippen LogP contribution in [0.3, 0.4) is 0 Å². The Hall–Kier alpha value is -2.45. The predicted molar refractivity (Wildman–Crippen MR) is 134 cm³/mol. The third-order valence-electron chi connectivity index (χ3n) is 5.60. The van der Waals surface area contributed by atoms with E-state index in [0.29, 0.717) is 0 Å². The van der Waals surface area contributed by atoms with Gasteiger partial charge < -0.3 is 0 Å². The summed E-state index contributed by atoms with van der Waals surface area (Å²) >= 11 is 1.76. The molecule has 0 fully saturated rings. The molecule has 0 saturated heterocycles. The minimum absolute atomic E-state index is 0.824. The van der Waals surface area contributed by atoms with Crippen LogP contribution in [0, 0.1) is 6.92 Å². The van der Waals surface area contributed by atoms with Gasteiger partial charge in [0, 0.05) is 12.3 Å². The van der Waals surface area contributed by atoms with E-state index in [2.05, 4.69) is 93.1 Å². The molecular weight excluding hydrogens is 382 g/mol. The fourth-order valence-corrected chi connectivity index (χ4v) is 4.42. The molecule has 3 aromatic rings. The summed E-state index contributed by atoms with van der Waals surface area (Å²) in [7, 11) is 0. The van der Waals surface area contributed by atoms with Gasteiger partial charge in [0.05, 0.1) is 0 Å². The third-order valence-corrected chi connectivity index (χ3v) is 6.33. The minimum Gasteiger partial charge on any atom is -0.289 e. The van der Waals surface area contributed by atoms with Gasteiger partial charge in [-0.3, -0.25) is 4.99 Å². The van der Waals surface area contributed by atoms with Crippen molar-refractivity contribution in [2.75, 3.05) is 6.54 Å². The van der Waals surface area contributed by atoms with Crippen molar-refractivity contribution < 1.29 is 0 Å². The Morgan fingerprint density at radius 3 is 2.40 bits per heavy atom. The molecule has 0 bridgehead atoms. The summed E-state index contributed by atoms with van der Waals surface area (Å²) in [5.41, 5.74) is 10.6. The van der Waals surface area contributed by atoms with Crippen LogP contribution < -0.4 is 0 Å². The van der Waals surface area contributed by atoms with E-state index in [-0.39, 0.29) is 0 Å². The number of hydrogen-bond acceptors (Lipinski definition) is 2. The predicted octanol–water partition coefficient (Wildman–Crippen LogP) is 7.90. The Labute approximate surface area is 186 Å². The fourth-order valence-electron chi connectivity index (χ4n) is 3.76. The maximum atomic E-state index is 4.90. The van der Waals surface area contributed by atoms with E-state index in [1.165, 1.54) is 39.0 Å². The van der Waals surface area contributed by atoms with Crippen LogP contribution in [0.1, 0.15) is 67.0 Å². The molecule has 0 aliphatic rings. The molecular formula is C28H33NS. The molecule has 0 atom stereocenters. The van der Waals surface area contributed by atoms with Crippen LogP contribution in [0.4, 0.5) is 0 Å². The summed E-state index contributed by atoms with van der Waals surface area (Å²) in [6.07, 6.45) is 6.48. The van der Waals surface area contributed by atoms with E-state index in [1.54, 1.807) is 11.3 Å². The first kappa shape index (κ1) is 22.2. The monoisotopic (exact) mass is 415 g/mol. The molecule has 0 spiro atoms. The topological polar surface area (TPSA) is 12.4 Å². The van der Waals surface area contributed by atoms with E-state index >= 15 is 0 Å². The molecule has 2 heteroatoms. The second kappa shape index (κ2) is 11.1. The first-order valence-electron chi connectivity index (χ1n) is 11.0. The normalized spacial score (nSPS) is 12.4. The lowest BCUT2D eigenvalue weighted by atomic mass is 9.94. The van der Waals surface area contributed by atoms with E-state index in [1.807, 2.05) is 0 Å². The molecule has 1 nitrogen and oxygen atoms in total. The summed E-state index contributed by atoms with van der Waals surface area (Å²) in [6, 6.07) is 17.9. The van der Waals surface area contributed by atoms with Crippen molar-refractivity contribution in [2.45, 2.75) is 53.4 Å². The molecule has 0 aliphatic carbocycles. The molecule has 0 amide bonds. The molecule has 0 aliphatic heterocycles. The van der Waals surface area contributed by atoms with Gasteiger partial charge in [-0.2, -0.15) is 11.3 Å². The van der Waals surface area contributed by atoms with Crippen molar-refractivity contribution in [1.82, 2.24) is 0 Å². The number of nitrogens with zero attached hydrogens (tertiary/aromatic N) is 1. The molecule has 0 unspecified atom stereocenters. The van der Waals surface area contributed by atoms with Gasteiger partial charge in [0.2, 0.25) is 0 Å². The zero-order valence-corrected chi connectivity index (χ0v) is 19.6. The Kier molecular flexibility index (Phi) is 8.21. The van der Waals surface area contributed by atoms with Crippen molar-refractivity contribution >= 4 is 22.6 Å². The molecule has 0 N–H and O–H groups in total. The molecule has 1 aromatic heterocycles. The standard InChI is InChI=1S/C28H33NS/c1-5-7-27(28-19-23(6-2)9-8-21(28)3)14-16-29-22(4)26-12-10-24(11-13-26)18-25-15-17-30-20-25/h7-13,15,17,19-20H,5-6,14,16,18H2,1-4H3. The van der Waals surface area contributed by atoms with Gasteiger partial charge in [-0.1, -0.05) is 62.4 Å². The average Bonchev–Trinajstić information content (AvgIpc) is 3.27. The van der Waals surface area contributed by atoms with Crippen LogP contribution >= 0.6 is 11.3 Å². The summed E-state index contributed by atoms with van der Waals surface area (Å²) in [6.45, 7) is 9.59. The maximum Gasteiger partial charge on any atom is 0.0433 e. The number of benzene rings is 2. The number of aliphatic imine (C=N–C) groups is 1. The zero-order chi connectivity index (χ0) is 21.3. The van der Waals surface area contributed by atoms with E-state index in [4.69, 9.17) is 4.99 Å². The van der Waals surface area contributed by atoms with Gasteiger partial charge in [0.15, 0.2) is 0 Å². The molecule has 0 radical (unpaired) electrons. The number of hydrogen-bond donors (Lipinski definition) is 0. The van der Waals surface area contributed by atoms with Gasteiger partial charge in [-0.25, -0.2) is 0 Å². The summed E-state index contributed by atoms with van der Waals surface area (Å²) in [5, 5.41) is 4.36. The first-order valence-corrected chi connectivity index (χ1v) is 11.9. The van der Waals surface area contributed by atoms with Crippen LogP contribution in [-0.2, 0) is 12.8 Å². The van der Waals surface area contributed by atoms with Crippen LogP contribution in [0.25, 0.3) is 5.57 Å². The van der Waals surface area contributed by atoms with Crippen LogP contribution in [-0.4, -0.2) is 12.3 Å². The van der Waals surface area contributed by atoms with Gasteiger partial charge in [-0.05, 0) is 95.3 Å². The van der Waals surface area contributed by atoms with Gasteiger partial charge in [0.25, 0.3) is 0 Å². The van der Waals surface area contributed by atoms with Crippen molar-refractivity contribution in [1.29, 1.82) is 0 Å². The van der Waals surface area contributed by atoms with Crippen molar-refractivity contribution in [3.05, 3.63) is 98.7 Å². The molecule has 0 saturated carbocycles. The van der Waals surface area contributed by atoms with Gasteiger partial charge >= 0.3 is 0 Å². The summed E-state index contributed by atoms with van der Waals surface area (Å²) in [4.78, 5) is 4.90. The van der Waals surface area contributed by atoms with Crippen LogP contribution in [0.2, 0.25) is 0 Å². The molecule has 156 valence electrons. The van der Waals surface area contributed by atoms with Gasteiger partial charge in [-0.15, -0.1) is 0 Å². The highest BCUT2D eigenvalue weighted by molar-refractivity contribution is 7.07. The first-order chi connectivity index (χ1) is 14.6. The quantitative estimate of drug-likeness (QED) is 0.315. The van der Waals surface area contributed by atoms with Gasteiger partial charge in [0.1, 0.15) is 0 Å². The Bertz CT molecular complexity index is 992. The molecule has 30 heavy (non-hydrogen) atoms. The highest BCUT2D eigenvalue weighted by atomic mass is 32.1. The lowest BCUT2D eigenvalue weighted by Gasteiger charge is -2.12. The minimum atomic E-state index is 0.824. The van der Waals surface area contributed by atoms with Crippen molar-refractivity contribution in [3.63, 3.8) is 0 Å². The Morgan fingerprint density at radius 2 is 1.73 bits per heavy atom. The largest absolute Gasteiger partial charge is 0.289 e. The molecule has 2 aromatic carbocycles. The number of thiophene rings is 1. The third kappa shape index (κ3) is 6.03. The number of aryl methyl sites for hydroxylation is 2. The smallest absolute Gasteiger partial charge is 0.0433 e. The fraction of sp³-hybridized carbons (Fsp3) is 0.321. The number of rotatable bonds is 9. The summed E-state index contributed by atoms with van der Waals surface area (Å²) < 4.78 is 0. The average molecular weight is 416 g/mol. The number of allylic oxidation sites excluding steroid dienone is 1. The Balaban J connectivity index is 1.66.